The predicted octanol–water partition coefficient (Wildman–Crippen LogP) is 3.33. The first kappa shape index (κ1) is 13.1. The molecule has 2 rings (SSSR count). The van der Waals surface area contributed by atoms with Crippen molar-refractivity contribution in [2.75, 3.05) is 11.9 Å². The van der Waals surface area contributed by atoms with E-state index in [2.05, 4.69) is 46.8 Å². The van der Waals surface area contributed by atoms with Crippen molar-refractivity contribution in [2.24, 2.45) is 5.92 Å². The van der Waals surface area contributed by atoms with Crippen LogP contribution in [0, 0.1) is 12.8 Å². The zero-order valence-corrected chi connectivity index (χ0v) is 12.2. The Morgan fingerprint density at radius 3 is 2.78 bits per heavy atom. The van der Waals surface area contributed by atoms with Crippen molar-refractivity contribution in [3.8, 4) is 0 Å². The van der Waals surface area contributed by atoms with Gasteiger partial charge in [0.05, 0.1) is 11.7 Å². The van der Waals surface area contributed by atoms with Crippen LogP contribution in [0.15, 0.2) is 17.8 Å². The van der Waals surface area contributed by atoms with E-state index >= 15 is 0 Å². The lowest BCUT2D eigenvalue weighted by Crippen LogP contribution is -2.15. The lowest BCUT2D eigenvalue weighted by Gasteiger charge is -2.15. The zero-order chi connectivity index (χ0) is 13.1. The molecule has 1 atom stereocenters. The second-order valence-electron chi connectivity index (χ2n) is 4.93. The van der Waals surface area contributed by atoms with Gasteiger partial charge in [-0.3, -0.25) is 0 Å². The maximum atomic E-state index is 4.54. The van der Waals surface area contributed by atoms with E-state index in [9.17, 15) is 0 Å². The molecule has 0 saturated heterocycles. The highest BCUT2D eigenvalue weighted by Crippen LogP contribution is 2.24. The molecule has 2 heterocycles. The summed E-state index contributed by atoms with van der Waals surface area (Å²) < 4.78 is 2.16. The number of aromatic nitrogens is 3. The maximum absolute atomic E-state index is 4.54. The molecule has 0 aliphatic carbocycles. The summed E-state index contributed by atoms with van der Waals surface area (Å²) in [6.45, 7) is 9.49. The molecule has 4 nitrogen and oxygen atoms in total. The Labute approximate surface area is 112 Å². The van der Waals surface area contributed by atoms with E-state index in [0.29, 0.717) is 5.92 Å². The van der Waals surface area contributed by atoms with Gasteiger partial charge in [-0.25, -0.2) is 9.97 Å². The van der Waals surface area contributed by atoms with Crippen LogP contribution in [0.25, 0.3) is 0 Å². The molecule has 0 amide bonds. The van der Waals surface area contributed by atoms with Gasteiger partial charge in [0.25, 0.3) is 0 Å². The van der Waals surface area contributed by atoms with E-state index in [1.165, 1.54) is 0 Å². The molecule has 0 fully saturated rings. The van der Waals surface area contributed by atoms with Crippen molar-refractivity contribution in [1.29, 1.82) is 0 Å². The second-order valence-corrected chi connectivity index (χ2v) is 5.86. The van der Waals surface area contributed by atoms with Crippen molar-refractivity contribution in [3.63, 3.8) is 0 Å². The fraction of sp³-hybridized carbons (Fsp3) is 0.538. The van der Waals surface area contributed by atoms with Crippen LogP contribution < -0.4 is 5.32 Å². The minimum Gasteiger partial charge on any atom is -0.355 e. The molecule has 98 valence electrons. The fourth-order valence-electron chi connectivity index (χ4n) is 1.80. The van der Waals surface area contributed by atoms with E-state index < -0.39 is 0 Å². The highest BCUT2D eigenvalue weighted by molar-refractivity contribution is 7.09. The molecule has 0 aliphatic rings. The number of hydrogen-bond acceptors (Lipinski definition) is 4. The van der Waals surface area contributed by atoms with E-state index in [0.717, 1.165) is 23.2 Å². The van der Waals surface area contributed by atoms with Gasteiger partial charge >= 0.3 is 0 Å². The first-order chi connectivity index (χ1) is 8.58. The Bertz CT molecular complexity index is 487. The highest BCUT2D eigenvalue weighted by Gasteiger charge is 2.15. The highest BCUT2D eigenvalue weighted by atomic mass is 32.1. The van der Waals surface area contributed by atoms with Crippen LogP contribution in [0.5, 0.6) is 0 Å². The number of rotatable bonds is 5. The molecular formula is C13H20N4S. The second kappa shape index (κ2) is 5.52. The van der Waals surface area contributed by atoms with Gasteiger partial charge in [0.15, 0.2) is 0 Å². The van der Waals surface area contributed by atoms with E-state index in [1.54, 1.807) is 11.3 Å². The molecule has 1 unspecified atom stereocenters. The Balaban J connectivity index is 2.21. The van der Waals surface area contributed by atoms with Gasteiger partial charge in [0.1, 0.15) is 5.01 Å². The van der Waals surface area contributed by atoms with Gasteiger partial charge in [-0.05, 0) is 19.8 Å². The molecule has 0 spiro atoms. The largest absolute Gasteiger partial charge is 0.355 e. The third-order valence-corrected chi connectivity index (χ3v) is 3.69. The molecule has 0 saturated carbocycles. The number of nitrogens with one attached hydrogen (secondary N) is 1. The van der Waals surface area contributed by atoms with Crippen LogP contribution in [-0.4, -0.2) is 21.1 Å². The Morgan fingerprint density at radius 1 is 1.39 bits per heavy atom. The van der Waals surface area contributed by atoms with Crippen molar-refractivity contribution in [3.05, 3.63) is 28.5 Å². The zero-order valence-electron chi connectivity index (χ0n) is 11.3. The summed E-state index contributed by atoms with van der Waals surface area (Å²) in [6, 6.07) is 0.223. The summed E-state index contributed by atoms with van der Waals surface area (Å²) in [6.07, 6.45) is 3.93. The summed E-state index contributed by atoms with van der Waals surface area (Å²) in [4.78, 5) is 8.92. The van der Waals surface area contributed by atoms with Crippen molar-refractivity contribution in [1.82, 2.24) is 14.5 Å². The summed E-state index contributed by atoms with van der Waals surface area (Å²) in [5.41, 5.74) is 1.03. The Morgan fingerprint density at radius 2 is 2.17 bits per heavy atom. The molecule has 18 heavy (non-hydrogen) atoms. The normalized spacial score (nSPS) is 12.9. The Hall–Kier alpha value is -1.36. The SMILES string of the molecule is Cc1cn(C(C)c2nccs2)c(NCC(C)C)n1. The fourth-order valence-corrected chi connectivity index (χ4v) is 2.49. The molecule has 0 radical (unpaired) electrons. The van der Waals surface area contributed by atoms with Crippen LogP contribution in [0.4, 0.5) is 5.95 Å². The monoisotopic (exact) mass is 264 g/mol. The van der Waals surface area contributed by atoms with Crippen LogP contribution in [0.1, 0.15) is 37.5 Å². The lowest BCUT2D eigenvalue weighted by molar-refractivity contribution is 0.625. The number of imidazole rings is 1. The van der Waals surface area contributed by atoms with Crippen LogP contribution >= 0.6 is 11.3 Å². The summed E-state index contributed by atoms with van der Waals surface area (Å²) >= 11 is 1.68. The number of aryl methyl sites for hydroxylation is 1. The quantitative estimate of drug-likeness (QED) is 0.900. The maximum Gasteiger partial charge on any atom is 0.203 e. The standard InChI is InChI=1S/C13H20N4S/c1-9(2)7-15-13-16-10(3)8-17(13)11(4)12-14-5-6-18-12/h5-6,8-9,11H,7H2,1-4H3,(H,15,16). The minimum atomic E-state index is 0.223. The van der Waals surface area contributed by atoms with Gasteiger partial charge in [0, 0.05) is 24.3 Å². The summed E-state index contributed by atoms with van der Waals surface area (Å²) in [7, 11) is 0. The number of thiazole rings is 1. The topological polar surface area (TPSA) is 42.7 Å². The van der Waals surface area contributed by atoms with Crippen LogP contribution in [0.3, 0.4) is 0 Å². The third kappa shape index (κ3) is 2.90. The molecular weight excluding hydrogens is 244 g/mol. The van der Waals surface area contributed by atoms with Gasteiger partial charge < -0.3 is 9.88 Å². The average Bonchev–Trinajstić information content (AvgIpc) is 2.94. The first-order valence-corrected chi connectivity index (χ1v) is 7.14. The third-order valence-electron chi connectivity index (χ3n) is 2.75. The lowest BCUT2D eigenvalue weighted by atomic mass is 10.2. The summed E-state index contributed by atoms with van der Waals surface area (Å²) in [5.74, 6) is 1.54. The van der Waals surface area contributed by atoms with E-state index in [4.69, 9.17) is 0 Å². The van der Waals surface area contributed by atoms with Crippen molar-refractivity contribution >= 4 is 17.3 Å². The molecule has 0 aliphatic heterocycles. The molecule has 1 N–H and O–H groups in total. The van der Waals surface area contributed by atoms with Gasteiger partial charge in [0.2, 0.25) is 5.95 Å². The average molecular weight is 264 g/mol. The number of anilines is 1. The molecule has 2 aromatic heterocycles. The molecule has 0 bridgehead atoms. The van der Waals surface area contributed by atoms with Gasteiger partial charge in [-0.15, -0.1) is 11.3 Å². The van der Waals surface area contributed by atoms with E-state index in [1.807, 2.05) is 18.5 Å². The van der Waals surface area contributed by atoms with Crippen molar-refractivity contribution in [2.45, 2.75) is 33.7 Å². The van der Waals surface area contributed by atoms with Crippen LogP contribution in [0.2, 0.25) is 0 Å². The molecule has 0 aromatic carbocycles. The molecule has 5 heteroatoms. The smallest absolute Gasteiger partial charge is 0.203 e. The Kier molecular flexibility index (Phi) is 4.01. The minimum absolute atomic E-state index is 0.223. The number of hydrogen-bond donors (Lipinski definition) is 1. The van der Waals surface area contributed by atoms with Gasteiger partial charge in [-0.1, -0.05) is 13.8 Å². The van der Waals surface area contributed by atoms with E-state index in [-0.39, 0.29) is 6.04 Å². The summed E-state index contributed by atoms with van der Waals surface area (Å²) in [5, 5.41) is 6.53. The first-order valence-electron chi connectivity index (χ1n) is 6.26. The molecule has 2 aromatic rings. The van der Waals surface area contributed by atoms with Crippen LogP contribution in [-0.2, 0) is 0 Å². The predicted molar refractivity (Wildman–Crippen MR) is 76.2 cm³/mol. The van der Waals surface area contributed by atoms with Crippen molar-refractivity contribution < 1.29 is 0 Å². The van der Waals surface area contributed by atoms with Gasteiger partial charge in [-0.2, -0.15) is 0 Å². The number of nitrogens with zero attached hydrogens (tertiary/aromatic N) is 3.